The van der Waals surface area contributed by atoms with Crippen LogP contribution in [0.2, 0.25) is 0 Å². The van der Waals surface area contributed by atoms with E-state index in [-0.39, 0.29) is 17.0 Å². The summed E-state index contributed by atoms with van der Waals surface area (Å²) in [5, 5.41) is 2.61. The van der Waals surface area contributed by atoms with Crippen LogP contribution in [0.4, 0.5) is 5.69 Å². The molecule has 1 unspecified atom stereocenters. The summed E-state index contributed by atoms with van der Waals surface area (Å²) in [7, 11) is -3.85. The van der Waals surface area contributed by atoms with Crippen LogP contribution in [0.15, 0.2) is 76.2 Å². The zero-order valence-electron chi connectivity index (χ0n) is 17.4. The highest BCUT2D eigenvalue weighted by molar-refractivity contribution is 7.92. The number of esters is 1. The summed E-state index contributed by atoms with van der Waals surface area (Å²) < 4.78 is 38.1. The van der Waals surface area contributed by atoms with E-state index in [0.717, 1.165) is 5.56 Å². The molecule has 9 heteroatoms. The highest BCUT2D eigenvalue weighted by Gasteiger charge is 2.31. The lowest BCUT2D eigenvalue weighted by Crippen LogP contribution is -2.35. The Morgan fingerprint density at radius 3 is 2.72 bits per heavy atom. The van der Waals surface area contributed by atoms with Crippen LogP contribution in [0.5, 0.6) is 0 Å². The molecule has 1 aliphatic heterocycles. The summed E-state index contributed by atoms with van der Waals surface area (Å²) in [6, 6.07) is 16.4. The van der Waals surface area contributed by atoms with Gasteiger partial charge in [-0.25, -0.2) is 13.2 Å². The van der Waals surface area contributed by atoms with E-state index in [2.05, 4.69) is 5.32 Å². The van der Waals surface area contributed by atoms with Crippen LogP contribution in [-0.4, -0.2) is 32.9 Å². The van der Waals surface area contributed by atoms with Crippen LogP contribution in [0, 0.1) is 0 Å². The summed E-state index contributed by atoms with van der Waals surface area (Å²) in [5.41, 5.74) is 1.65. The lowest BCUT2D eigenvalue weighted by atomic mass is 10.2. The standard InChI is InChI=1S/C23H22N2O6S/c1-16(22(26)24-15-19-8-5-13-30-19)31-23(27)18-7-4-9-20(14-18)32(28,29)25-12-11-17-6-2-3-10-21(17)25/h2-10,13-14,16H,11-12,15H2,1H3,(H,24,26). The fourth-order valence-electron chi connectivity index (χ4n) is 3.48. The van der Waals surface area contributed by atoms with Crippen LogP contribution < -0.4 is 9.62 Å². The maximum absolute atomic E-state index is 13.2. The number of ether oxygens (including phenoxy) is 1. The van der Waals surface area contributed by atoms with Crippen molar-refractivity contribution in [2.45, 2.75) is 30.9 Å². The molecule has 1 aliphatic rings. The fourth-order valence-corrected chi connectivity index (χ4v) is 5.03. The van der Waals surface area contributed by atoms with Crippen molar-refractivity contribution in [2.24, 2.45) is 0 Å². The quantitative estimate of drug-likeness (QED) is 0.551. The van der Waals surface area contributed by atoms with E-state index < -0.39 is 28.0 Å². The van der Waals surface area contributed by atoms with E-state index in [9.17, 15) is 18.0 Å². The number of sulfonamides is 1. The predicted octanol–water partition coefficient (Wildman–Crippen LogP) is 2.89. The highest BCUT2D eigenvalue weighted by atomic mass is 32.2. The van der Waals surface area contributed by atoms with Gasteiger partial charge in [0.2, 0.25) is 0 Å². The number of carbonyl (C=O) groups is 2. The summed E-state index contributed by atoms with van der Waals surface area (Å²) in [6.45, 7) is 1.94. The summed E-state index contributed by atoms with van der Waals surface area (Å²) >= 11 is 0. The van der Waals surface area contributed by atoms with Crippen LogP contribution in [0.1, 0.15) is 28.6 Å². The van der Waals surface area contributed by atoms with Crippen molar-refractivity contribution >= 4 is 27.6 Å². The lowest BCUT2D eigenvalue weighted by molar-refractivity contribution is -0.129. The molecule has 2 aromatic carbocycles. The monoisotopic (exact) mass is 454 g/mol. The molecule has 3 aromatic rings. The average Bonchev–Trinajstić information content (AvgIpc) is 3.47. The number of rotatable bonds is 7. The van der Waals surface area contributed by atoms with E-state index in [1.54, 1.807) is 24.3 Å². The first-order valence-corrected chi connectivity index (χ1v) is 11.5. The Hall–Kier alpha value is -3.59. The minimum atomic E-state index is -3.85. The fraction of sp³-hybridized carbons (Fsp3) is 0.217. The zero-order chi connectivity index (χ0) is 22.7. The molecule has 4 rings (SSSR count). The number of furan rings is 1. The van der Waals surface area contributed by atoms with Crippen molar-refractivity contribution in [2.75, 3.05) is 10.8 Å². The number of benzene rings is 2. The smallest absolute Gasteiger partial charge is 0.338 e. The van der Waals surface area contributed by atoms with Crippen LogP contribution >= 0.6 is 0 Å². The van der Waals surface area contributed by atoms with Gasteiger partial charge in [0.1, 0.15) is 5.76 Å². The third-order valence-electron chi connectivity index (χ3n) is 5.17. The van der Waals surface area contributed by atoms with Gasteiger partial charge in [0.05, 0.1) is 29.0 Å². The first-order chi connectivity index (χ1) is 15.4. The molecule has 0 aliphatic carbocycles. The Labute approximate surface area is 185 Å². The van der Waals surface area contributed by atoms with E-state index in [4.69, 9.17) is 9.15 Å². The molecule has 1 amide bonds. The zero-order valence-corrected chi connectivity index (χ0v) is 18.2. The molecule has 0 saturated carbocycles. The second kappa shape index (κ2) is 8.88. The number of nitrogens with one attached hydrogen (secondary N) is 1. The Bertz CT molecular complexity index is 1240. The lowest BCUT2D eigenvalue weighted by Gasteiger charge is -2.20. The van der Waals surface area contributed by atoms with Gasteiger partial charge in [0.15, 0.2) is 6.10 Å². The number of carbonyl (C=O) groups excluding carboxylic acids is 2. The SMILES string of the molecule is CC(OC(=O)c1cccc(S(=O)(=O)N2CCc3ccccc32)c1)C(=O)NCc1ccco1. The molecule has 166 valence electrons. The van der Waals surface area contributed by atoms with Gasteiger partial charge in [-0.15, -0.1) is 0 Å². The van der Waals surface area contributed by atoms with Crippen LogP contribution in [-0.2, 0) is 32.5 Å². The highest BCUT2D eigenvalue weighted by Crippen LogP contribution is 2.32. The maximum atomic E-state index is 13.2. The third-order valence-corrected chi connectivity index (χ3v) is 6.98. The molecule has 0 radical (unpaired) electrons. The minimum absolute atomic E-state index is 0.0152. The largest absolute Gasteiger partial charge is 0.467 e. The number of amides is 1. The van der Waals surface area contributed by atoms with Crippen molar-refractivity contribution in [3.05, 3.63) is 83.8 Å². The van der Waals surface area contributed by atoms with Crippen molar-refractivity contribution in [3.8, 4) is 0 Å². The molecule has 32 heavy (non-hydrogen) atoms. The van der Waals surface area contributed by atoms with E-state index in [0.29, 0.717) is 24.4 Å². The van der Waals surface area contributed by atoms with Gasteiger partial charge in [-0.2, -0.15) is 0 Å². The summed E-state index contributed by atoms with van der Waals surface area (Å²) in [6.07, 6.45) is 1.05. The summed E-state index contributed by atoms with van der Waals surface area (Å²) in [4.78, 5) is 24.7. The molecule has 0 spiro atoms. The van der Waals surface area contributed by atoms with Gasteiger partial charge in [-0.3, -0.25) is 9.10 Å². The Kier molecular flexibility index (Phi) is 6.00. The van der Waals surface area contributed by atoms with Crippen molar-refractivity contribution in [1.82, 2.24) is 5.32 Å². The first kappa shape index (κ1) is 21.6. The molecule has 1 N–H and O–H groups in total. The second-order valence-electron chi connectivity index (χ2n) is 7.33. The van der Waals surface area contributed by atoms with E-state index in [1.807, 2.05) is 12.1 Å². The Morgan fingerprint density at radius 2 is 1.94 bits per heavy atom. The minimum Gasteiger partial charge on any atom is -0.467 e. The third kappa shape index (κ3) is 4.38. The number of nitrogens with zero attached hydrogens (tertiary/aromatic N) is 1. The first-order valence-electron chi connectivity index (χ1n) is 10.1. The van der Waals surface area contributed by atoms with Crippen molar-refractivity contribution in [3.63, 3.8) is 0 Å². The van der Waals surface area contributed by atoms with E-state index >= 15 is 0 Å². The van der Waals surface area contributed by atoms with Gasteiger partial charge in [0, 0.05) is 6.54 Å². The van der Waals surface area contributed by atoms with Gasteiger partial charge < -0.3 is 14.5 Å². The molecule has 0 saturated heterocycles. The molecule has 8 nitrogen and oxygen atoms in total. The molecular formula is C23H22N2O6S. The molecule has 0 fully saturated rings. The predicted molar refractivity (Wildman–Crippen MR) is 117 cm³/mol. The normalized spacial score (nSPS) is 14.0. The van der Waals surface area contributed by atoms with E-state index in [1.165, 1.54) is 41.8 Å². The topological polar surface area (TPSA) is 106 Å². The number of hydrogen-bond acceptors (Lipinski definition) is 6. The van der Waals surface area contributed by atoms with Crippen LogP contribution in [0.3, 0.4) is 0 Å². The average molecular weight is 455 g/mol. The number of hydrogen-bond donors (Lipinski definition) is 1. The van der Waals surface area contributed by atoms with Gasteiger partial charge in [0.25, 0.3) is 15.9 Å². The van der Waals surface area contributed by atoms with Gasteiger partial charge >= 0.3 is 5.97 Å². The van der Waals surface area contributed by atoms with Gasteiger partial charge in [-0.05, 0) is 55.3 Å². The van der Waals surface area contributed by atoms with Crippen molar-refractivity contribution < 1.29 is 27.2 Å². The molecule has 0 bridgehead atoms. The van der Waals surface area contributed by atoms with Crippen LogP contribution in [0.25, 0.3) is 0 Å². The van der Waals surface area contributed by atoms with Crippen molar-refractivity contribution in [1.29, 1.82) is 0 Å². The number of fused-ring (bicyclic) bond motifs is 1. The second-order valence-corrected chi connectivity index (χ2v) is 9.19. The maximum Gasteiger partial charge on any atom is 0.338 e. The molecule has 2 heterocycles. The molecular weight excluding hydrogens is 432 g/mol. The summed E-state index contributed by atoms with van der Waals surface area (Å²) in [5.74, 6) is -0.713. The van der Waals surface area contributed by atoms with Gasteiger partial charge in [-0.1, -0.05) is 24.3 Å². The number of anilines is 1. The molecule has 1 atom stereocenters. The molecule has 1 aromatic heterocycles. The Morgan fingerprint density at radius 1 is 1.12 bits per heavy atom. The Balaban J connectivity index is 1.45. The number of para-hydroxylation sites is 1.